The SMILES string of the molecule is C#CCOc1ccc(Br)cc1/C=C(\Sc1n[nH]c(C)n1)C(=O)O. The number of nitrogens with zero attached hydrogens (tertiary/aromatic N) is 2. The van der Waals surface area contributed by atoms with Crippen LogP contribution in [0.25, 0.3) is 6.08 Å². The third kappa shape index (κ3) is 4.87. The van der Waals surface area contributed by atoms with Gasteiger partial charge in [-0.1, -0.05) is 21.9 Å². The van der Waals surface area contributed by atoms with Gasteiger partial charge in [0, 0.05) is 10.0 Å². The summed E-state index contributed by atoms with van der Waals surface area (Å²) in [5, 5.41) is 16.3. The third-order valence-electron chi connectivity index (χ3n) is 2.56. The normalized spacial score (nSPS) is 11.1. The topological polar surface area (TPSA) is 88.1 Å². The number of halogens is 1. The lowest BCUT2D eigenvalue weighted by Crippen LogP contribution is -1.99. The number of benzene rings is 1. The van der Waals surface area contributed by atoms with Gasteiger partial charge in [-0.2, -0.15) is 0 Å². The van der Waals surface area contributed by atoms with E-state index < -0.39 is 5.97 Å². The van der Waals surface area contributed by atoms with E-state index in [1.54, 1.807) is 25.1 Å². The van der Waals surface area contributed by atoms with Crippen LogP contribution in [0.3, 0.4) is 0 Å². The number of terminal acetylenes is 1. The number of carbonyl (C=O) groups is 1. The number of rotatable bonds is 6. The molecule has 0 spiro atoms. The summed E-state index contributed by atoms with van der Waals surface area (Å²) in [6.07, 6.45) is 6.69. The lowest BCUT2D eigenvalue weighted by atomic mass is 10.2. The summed E-state index contributed by atoms with van der Waals surface area (Å²) in [4.78, 5) is 15.6. The number of carboxylic acid groups (broad SMARTS) is 1. The van der Waals surface area contributed by atoms with Gasteiger partial charge in [0.15, 0.2) is 0 Å². The van der Waals surface area contributed by atoms with Gasteiger partial charge in [-0.3, -0.25) is 5.10 Å². The number of hydrogen-bond acceptors (Lipinski definition) is 5. The summed E-state index contributed by atoms with van der Waals surface area (Å²) in [5.74, 6) is 2.40. The molecular weight excluding hydrogens is 382 g/mol. The van der Waals surface area contributed by atoms with E-state index >= 15 is 0 Å². The molecular formula is C15H12BrN3O3S. The number of ether oxygens (including phenoxy) is 1. The molecule has 0 atom stereocenters. The van der Waals surface area contributed by atoms with Crippen LogP contribution in [0.1, 0.15) is 11.4 Å². The molecule has 1 aromatic heterocycles. The van der Waals surface area contributed by atoms with E-state index in [9.17, 15) is 9.90 Å². The largest absolute Gasteiger partial charge is 0.480 e. The molecule has 0 aliphatic heterocycles. The average molecular weight is 394 g/mol. The van der Waals surface area contributed by atoms with Crippen LogP contribution in [-0.2, 0) is 4.79 Å². The van der Waals surface area contributed by atoms with Crippen LogP contribution in [0.2, 0.25) is 0 Å². The van der Waals surface area contributed by atoms with Crippen LogP contribution in [0.15, 0.2) is 32.7 Å². The zero-order chi connectivity index (χ0) is 16.8. The van der Waals surface area contributed by atoms with E-state index in [2.05, 4.69) is 37.0 Å². The lowest BCUT2D eigenvalue weighted by molar-refractivity contribution is -0.131. The highest BCUT2D eigenvalue weighted by molar-refractivity contribution is 9.10. The minimum absolute atomic E-state index is 0.0626. The number of aromatic amines is 1. The van der Waals surface area contributed by atoms with Crippen LogP contribution >= 0.6 is 27.7 Å². The minimum Gasteiger partial charge on any atom is -0.480 e. The fourth-order valence-corrected chi connectivity index (χ4v) is 2.75. The van der Waals surface area contributed by atoms with Gasteiger partial charge in [0.05, 0.1) is 0 Å². The average Bonchev–Trinajstić information content (AvgIpc) is 2.91. The summed E-state index contributed by atoms with van der Waals surface area (Å²) in [6.45, 7) is 1.83. The molecule has 118 valence electrons. The van der Waals surface area contributed by atoms with E-state index in [0.717, 1.165) is 16.2 Å². The standard InChI is InChI=1S/C15H12BrN3O3S/c1-3-6-22-12-5-4-11(16)7-10(12)8-13(14(20)21)23-15-17-9(2)18-19-15/h1,4-5,7-8H,6H2,2H3,(H,20,21)(H,17,18,19)/b13-8-. The van der Waals surface area contributed by atoms with E-state index in [0.29, 0.717) is 22.3 Å². The Morgan fingerprint density at radius 1 is 1.61 bits per heavy atom. The highest BCUT2D eigenvalue weighted by Gasteiger charge is 2.14. The molecule has 23 heavy (non-hydrogen) atoms. The molecule has 2 rings (SSSR count). The van der Waals surface area contributed by atoms with Gasteiger partial charge in [0.1, 0.15) is 23.1 Å². The molecule has 0 saturated carbocycles. The monoisotopic (exact) mass is 393 g/mol. The summed E-state index contributed by atoms with van der Waals surface area (Å²) in [7, 11) is 0. The second-order valence-corrected chi connectivity index (χ2v) is 6.22. The van der Waals surface area contributed by atoms with Gasteiger partial charge in [-0.15, -0.1) is 11.5 Å². The van der Waals surface area contributed by atoms with Gasteiger partial charge >= 0.3 is 5.97 Å². The number of aryl methyl sites for hydroxylation is 1. The highest BCUT2D eigenvalue weighted by Crippen LogP contribution is 2.30. The van der Waals surface area contributed by atoms with Crippen molar-refractivity contribution in [2.75, 3.05) is 6.61 Å². The Bertz CT molecular complexity index is 796. The molecule has 0 unspecified atom stereocenters. The number of thioether (sulfide) groups is 1. The Balaban J connectivity index is 2.36. The lowest BCUT2D eigenvalue weighted by Gasteiger charge is -2.08. The number of aliphatic carboxylic acids is 1. The zero-order valence-corrected chi connectivity index (χ0v) is 14.4. The Morgan fingerprint density at radius 3 is 3.00 bits per heavy atom. The first kappa shape index (κ1) is 17.1. The van der Waals surface area contributed by atoms with Crippen molar-refractivity contribution < 1.29 is 14.6 Å². The number of carboxylic acids is 1. The first-order valence-corrected chi connectivity index (χ1v) is 7.98. The Kier molecular flexibility index (Phi) is 5.84. The molecule has 0 aliphatic rings. The number of H-pyrrole nitrogens is 1. The number of hydrogen-bond donors (Lipinski definition) is 2. The van der Waals surface area contributed by atoms with Crippen LogP contribution in [0.5, 0.6) is 5.75 Å². The van der Waals surface area contributed by atoms with Crippen molar-refractivity contribution in [3.8, 4) is 18.1 Å². The van der Waals surface area contributed by atoms with Crippen LogP contribution in [-0.4, -0.2) is 32.9 Å². The molecule has 2 N–H and O–H groups in total. The van der Waals surface area contributed by atoms with Gasteiger partial charge < -0.3 is 9.84 Å². The number of nitrogens with one attached hydrogen (secondary N) is 1. The second-order valence-electron chi connectivity index (χ2n) is 4.29. The van der Waals surface area contributed by atoms with Gasteiger partial charge in [-0.25, -0.2) is 9.78 Å². The molecule has 8 heteroatoms. The maximum Gasteiger partial charge on any atom is 0.342 e. The molecule has 0 radical (unpaired) electrons. The minimum atomic E-state index is -1.08. The predicted molar refractivity (Wildman–Crippen MR) is 91.1 cm³/mol. The van der Waals surface area contributed by atoms with Crippen molar-refractivity contribution in [1.82, 2.24) is 15.2 Å². The molecule has 1 heterocycles. The molecule has 0 saturated heterocycles. The van der Waals surface area contributed by atoms with Gasteiger partial charge in [0.2, 0.25) is 5.16 Å². The fraction of sp³-hybridized carbons (Fsp3) is 0.133. The maximum absolute atomic E-state index is 11.5. The van der Waals surface area contributed by atoms with E-state index in [1.807, 2.05) is 0 Å². The maximum atomic E-state index is 11.5. The fourth-order valence-electron chi connectivity index (χ4n) is 1.63. The van der Waals surface area contributed by atoms with Crippen LogP contribution in [0.4, 0.5) is 0 Å². The molecule has 0 fully saturated rings. The predicted octanol–water partition coefficient (Wildman–Crippen LogP) is 3.11. The molecule has 6 nitrogen and oxygen atoms in total. The van der Waals surface area contributed by atoms with Crippen molar-refractivity contribution in [3.05, 3.63) is 39.0 Å². The summed E-state index contributed by atoms with van der Waals surface area (Å²) >= 11 is 4.30. The smallest absolute Gasteiger partial charge is 0.342 e. The second kappa shape index (κ2) is 7.85. The van der Waals surface area contributed by atoms with Gasteiger partial charge in [0.25, 0.3) is 0 Å². The van der Waals surface area contributed by atoms with E-state index in [-0.39, 0.29) is 11.5 Å². The van der Waals surface area contributed by atoms with Crippen molar-refractivity contribution in [2.24, 2.45) is 0 Å². The Labute approximate surface area is 145 Å². The molecule has 0 amide bonds. The summed E-state index contributed by atoms with van der Waals surface area (Å²) in [6, 6.07) is 5.25. The summed E-state index contributed by atoms with van der Waals surface area (Å²) in [5.41, 5.74) is 0.590. The van der Waals surface area contributed by atoms with Crippen LogP contribution < -0.4 is 4.74 Å². The van der Waals surface area contributed by atoms with Crippen molar-refractivity contribution in [1.29, 1.82) is 0 Å². The Morgan fingerprint density at radius 2 is 2.39 bits per heavy atom. The Hall–Kier alpha value is -2.24. The van der Waals surface area contributed by atoms with Crippen molar-refractivity contribution in [2.45, 2.75) is 12.1 Å². The highest BCUT2D eigenvalue weighted by atomic mass is 79.9. The molecule has 2 aromatic rings. The zero-order valence-electron chi connectivity index (χ0n) is 12.0. The first-order chi connectivity index (χ1) is 11.0. The summed E-state index contributed by atoms with van der Waals surface area (Å²) < 4.78 is 6.23. The van der Waals surface area contributed by atoms with Gasteiger partial charge in [-0.05, 0) is 43.0 Å². The van der Waals surface area contributed by atoms with Crippen LogP contribution in [0, 0.1) is 19.3 Å². The third-order valence-corrected chi connectivity index (χ3v) is 3.93. The van der Waals surface area contributed by atoms with Crippen molar-refractivity contribution >= 4 is 39.7 Å². The number of aromatic nitrogens is 3. The van der Waals surface area contributed by atoms with Crippen molar-refractivity contribution in [3.63, 3.8) is 0 Å². The quantitative estimate of drug-likeness (QED) is 0.445. The first-order valence-electron chi connectivity index (χ1n) is 6.37. The van der Waals surface area contributed by atoms with E-state index in [4.69, 9.17) is 11.2 Å². The van der Waals surface area contributed by atoms with E-state index in [1.165, 1.54) is 6.08 Å². The molecule has 1 aromatic carbocycles. The molecule has 0 aliphatic carbocycles. The molecule has 0 bridgehead atoms.